The third-order valence-electron chi connectivity index (χ3n) is 4.73. The molecule has 1 fully saturated rings. The molecule has 0 bridgehead atoms. The van der Waals surface area contributed by atoms with Crippen molar-refractivity contribution in [2.24, 2.45) is 0 Å². The molecule has 1 saturated heterocycles. The number of hydrogen-bond acceptors (Lipinski definition) is 5. The van der Waals surface area contributed by atoms with E-state index < -0.39 is 0 Å². The number of nitrogens with zero attached hydrogens (tertiary/aromatic N) is 4. The summed E-state index contributed by atoms with van der Waals surface area (Å²) in [6, 6.07) is 8.68. The van der Waals surface area contributed by atoms with Gasteiger partial charge < -0.3 is 14.0 Å². The summed E-state index contributed by atoms with van der Waals surface area (Å²) in [5.41, 5.74) is 2.52. The van der Waals surface area contributed by atoms with Crippen LogP contribution < -0.4 is 4.90 Å². The van der Waals surface area contributed by atoms with Gasteiger partial charge in [-0.25, -0.2) is 9.37 Å². The maximum absolute atomic E-state index is 13.7. The van der Waals surface area contributed by atoms with Crippen LogP contribution in [0.25, 0.3) is 16.6 Å². The molecule has 0 aliphatic carbocycles. The minimum atomic E-state index is -0.290. The molecular formula is C19H21FN4O2. The molecule has 3 aromatic rings. The number of carbonyl (C=O) groups excluding carboxylic acids is 1. The zero-order valence-corrected chi connectivity index (χ0v) is 14.7. The molecule has 136 valence electrons. The third-order valence-corrected chi connectivity index (χ3v) is 4.73. The smallest absolute Gasteiger partial charge is 0.320 e. The number of fused-ring (bicyclic) bond motifs is 3. The maximum atomic E-state index is 13.7. The Hall–Kier alpha value is -2.67. The van der Waals surface area contributed by atoms with Gasteiger partial charge in [0.05, 0.1) is 29.7 Å². The lowest BCUT2D eigenvalue weighted by molar-refractivity contribution is -0.144. The fourth-order valence-electron chi connectivity index (χ4n) is 3.47. The highest BCUT2D eigenvalue weighted by molar-refractivity contribution is 5.85. The fraction of sp³-hybridized carbons (Fsp3) is 0.368. The molecule has 0 atom stereocenters. The molecule has 26 heavy (non-hydrogen) atoms. The Balaban J connectivity index is 1.59. The van der Waals surface area contributed by atoms with Crippen molar-refractivity contribution in [3.63, 3.8) is 0 Å². The first-order valence-electron chi connectivity index (χ1n) is 8.85. The second-order valence-electron chi connectivity index (χ2n) is 6.40. The quantitative estimate of drug-likeness (QED) is 0.672. The van der Waals surface area contributed by atoms with Gasteiger partial charge >= 0.3 is 5.97 Å². The number of benzene rings is 1. The normalized spacial score (nSPS) is 15.7. The summed E-state index contributed by atoms with van der Waals surface area (Å²) in [7, 11) is 0. The van der Waals surface area contributed by atoms with E-state index in [0.29, 0.717) is 18.7 Å². The van der Waals surface area contributed by atoms with Gasteiger partial charge in [-0.05, 0) is 31.2 Å². The Morgan fingerprint density at radius 3 is 2.77 bits per heavy atom. The number of hydrogen-bond donors (Lipinski definition) is 0. The second-order valence-corrected chi connectivity index (χ2v) is 6.40. The average Bonchev–Trinajstić information content (AvgIpc) is 3.11. The van der Waals surface area contributed by atoms with Crippen molar-refractivity contribution >= 4 is 28.3 Å². The van der Waals surface area contributed by atoms with Crippen LogP contribution in [-0.2, 0) is 9.53 Å². The zero-order chi connectivity index (χ0) is 18.1. The molecule has 1 aromatic carbocycles. The Morgan fingerprint density at radius 1 is 1.19 bits per heavy atom. The van der Waals surface area contributed by atoms with E-state index in [9.17, 15) is 9.18 Å². The van der Waals surface area contributed by atoms with E-state index in [-0.39, 0.29) is 11.8 Å². The van der Waals surface area contributed by atoms with Crippen LogP contribution in [0.5, 0.6) is 0 Å². The molecule has 1 aliphatic rings. The topological polar surface area (TPSA) is 50.1 Å². The molecule has 2 aromatic heterocycles. The van der Waals surface area contributed by atoms with Crippen molar-refractivity contribution in [1.82, 2.24) is 14.3 Å². The number of halogens is 1. The lowest BCUT2D eigenvalue weighted by Gasteiger charge is -2.35. The summed E-state index contributed by atoms with van der Waals surface area (Å²) >= 11 is 0. The van der Waals surface area contributed by atoms with Gasteiger partial charge in [-0.2, -0.15) is 0 Å². The van der Waals surface area contributed by atoms with Crippen molar-refractivity contribution in [2.45, 2.75) is 6.92 Å². The number of esters is 1. The van der Waals surface area contributed by atoms with Gasteiger partial charge in [-0.1, -0.05) is 0 Å². The number of piperazine rings is 1. The molecule has 7 heteroatoms. The van der Waals surface area contributed by atoms with E-state index in [2.05, 4.69) is 9.80 Å². The molecule has 0 radical (unpaired) electrons. The van der Waals surface area contributed by atoms with Crippen LogP contribution in [0.4, 0.5) is 10.2 Å². The molecule has 0 unspecified atom stereocenters. The summed E-state index contributed by atoms with van der Waals surface area (Å²) < 4.78 is 20.7. The Labute approximate surface area is 150 Å². The van der Waals surface area contributed by atoms with Crippen LogP contribution in [0, 0.1) is 5.82 Å². The number of rotatable bonds is 4. The van der Waals surface area contributed by atoms with Crippen LogP contribution in [0.3, 0.4) is 0 Å². The Morgan fingerprint density at radius 2 is 2.00 bits per heavy atom. The molecule has 3 heterocycles. The number of aromatic nitrogens is 2. The van der Waals surface area contributed by atoms with Crippen LogP contribution in [-0.4, -0.2) is 59.6 Å². The Kier molecular flexibility index (Phi) is 4.46. The van der Waals surface area contributed by atoms with Crippen LogP contribution in [0.1, 0.15) is 6.92 Å². The maximum Gasteiger partial charge on any atom is 0.320 e. The van der Waals surface area contributed by atoms with Crippen LogP contribution in [0.15, 0.2) is 36.5 Å². The largest absolute Gasteiger partial charge is 0.465 e. The molecular weight excluding hydrogens is 335 g/mol. The molecule has 0 N–H and O–H groups in total. The third kappa shape index (κ3) is 3.10. The first-order chi connectivity index (χ1) is 12.7. The lowest BCUT2D eigenvalue weighted by Crippen LogP contribution is -2.48. The predicted molar refractivity (Wildman–Crippen MR) is 97.9 cm³/mol. The van der Waals surface area contributed by atoms with E-state index >= 15 is 0 Å². The predicted octanol–water partition coefficient (Wildman–Crippen LogP) is 2.31. The van der Waals surface area contributed by atoms with Gasteiger partial charge in [-0.3, -0.25) is 9.69 Å². The molecule has 0 amide bonds. The number of ether oxygens (including phenoxy) is 1. The lowest BCUT2D eigenvalue weighted by atomic mass is 10.2. The van der Waals surface area contributed by atoms with E-state index in [1.807, 2.05) is 29.7 Å². The Bertz CT molecular complexity index is 947. The zero-order valence-electron chi connectivity index (χ0n) is 14.7. The fourth-order valence-corrected chi connectivity index (χ4v) is 3.47. The molecule has 6 nitrogen and oxygen atoms in total. The average molecular weight is 356 g/mol. The molecule has 4 rings (SSSR count). The van der Waals surface area contributed by atoms with Gasteiger partial charge in [-0.15, -0.1) is 0 Å². The molecule has 0 saturated carbocycles. The second kappa shape index (κ2) is 6.92. The minimum Gasteiger partial charge on any atom is -0.465 e. The minimum absolute atomic E-state index is 0.186. The SMILES string of the molecule is CCOC(=O)CN1CCN(c2nc3cc(F)ccc3n3cccc23)CC1. The van der Waals surface area contributed by atoms with Crippen LogP contribution >= 0.6 is 0 Å². The standard InChI is InChI=1S/C19H21FN4O2/c1-2-26-18(25)13-22-8-10-23(11-9-22)19-17-4-3-7-24(17)16-6-5-14(20)12-15(16)21-19/h3-7,12H,2,8-11,13H2,1H3. The van der Waals surface area contributed by atoms with Crippen molar-refractivity contribution in [3.05, 3.63) is 42.3 Å². The molecule has 1 aliphatic heterocycles. The summed E-state index contributed by atoms with van der Waals surface area (Å²) in [4.78, 5) is 20.7. The highest BCUT2D eigenvalue weighted by atomic mass is 19.1. The van der Waals surface area contributed by atoms with E-state index in [1.54, 1.807) is 6.07 Å². The summed E-state index contributed by atoms with van der Waals surface area (Å²) in [6.07, 6.45) is 1.97. The van der Waals surface area contributed by atoms with Crippen molar-refractivity contribution in [1.29, 1.82) is 0 Å². The highest BCUT2D eigenvalue weighted by Gasteiger charge is 2.22. The highest BCUT2D eigenvalue weighted by Crippen LogP contribution is 2.26. The first kappa shape index (κ1) is 16.8. The van der Waals surface area contributed by atoms with Crippen LogP contribution in [0.2, 0.25) is 0 Å². The van der Waals surface area contributed by atoms with Gasteiger partial charge in [0, 0.05) is 38.4 Å². The van der Waals surface area contributed by atoms with Gasteiger partial charge in [0.1, 0.15) is 5.82 Å². The first-order valence-corrected chi connectivity index (χ1v) is 8.85. The van der Waals surface area contributed by atoms with E-state index in [4.69, 9.17) is 9.72 Å². The number of carbonyl (C=O) groups is 1. The van der Waals surface area contributed by atoms with Gasteiger partial charge in [0.2, 0.25) is 0 Å². The number of anilines is 1. The van der Waals surface area contributed by atoms with Gasteiger partial charge in [0.25, 0.3) is 0 Å². The van der Waals surface area contributed by atoms with Crippen molar-refractivity contribution < 1.29 is 13.9 Å². The molecule has 0 spiro atoms. The summed E-state index contributed by atoms with van der Waals surface area (Å²) in [5, 5.41) is 0. The van der Waals surface area contributed by atoms with Crippen molar-refractivity contribution in [2.75, 3.05) is 44.2 Å². The van der Waals surface area contributed by atoms with Crippen molar-refractivity contribution in [3.8, 4) is 0 Å². The summed E-state index contributed by atoms with van der Waals surface area (Å²) in [6.45, 7) is 5.57. The monoisotopic (exact) mass is 356 g/mol. The summed E-state index contributed by atoms with van der Waals surface area (Å²) in [5.74, 6) is 0.375. The van der Waals surface area contributed by atoms with E-state index in [1.165, 1.54) is 12.1 Å². The van der Waals surface area contributed by atoms with Gasteiger partial charge in [0.15, 0.2) is 5.82 Å². The van der Waals surface area contributed by atoms with E-state index in [0.717, 1.165) is 43.0 Å².